The van der Waals surface area contributed by atoms with Gasteiger partial charge in [-0.2, -0.15) is 5.26 Å². The van der Waals surface area contributed by atoms with Gasteiger partial charge >= 0.3 is 0 Å². The van der Waals surface area contributed by atoms with Crippen LogP contribution in [0.4, 0.5) is 22.0 Å². The van der Waals surface area contributed by atoms with Gasteiger partial charge in [-0.1, -0.05) is 97.1 Å². The van der Waals surface area contributed by atoms with E-state index in [2.05, 4.69) is 6.07 Å². The number of hydrogen-bond donors (Lipinski definition) is 0. The zero-order valence-electron chi connectivity index (χ0n) is 30.2. The van der Waals surface area contributed by atoms with Crippen LogP contribution in [0.5, 0.6) is 0 Å². The summed E-state index contributed by atoms with van der Waals surface area (Å²) in [7, 11) is 0. The van der Waals surface area contributed by atoms with Crippen molar-refractivity contribution < 1.29 is 22.0 Å². The molecule has 12 aromatic rings. The van der Waals surface area contributed by atoms with Crippen LogP contribution in [0.3, 0.4) is 0 Å². The molecule has 3 nitrogen and oxygen atoms in total. The average Bonchev–Trinajstić information content (AvgIpc) is 4.03. The second-order valence-corrected chi connectivity index (χ2v) is 16.6. The number of rotatable bonds is 3. The molecule has 12 rings (SSSR count). The molecule has 4 aromatic heterocycles. The van der Waals surface area contributed by atoms with E-state index < -0.39 is 34.6 Å². The van der Waals surface area contributed by atoms with Crippen LogP contribution >= 0.6 is 22.7 Å². The number of aromatic nitrogens is 2. The maximum absolute atomic E-state index is 16.8. The zero-order valence-corrected chi connectivity index (χ0v) is 31.9. The van der Waals surface area contributed by atoms with E-state index in [9.17, 15) is 9.65 Å². The van der Waals surface area contributed by atoms with E-state index in [1.807, 2.05) is 130 Å². The number of para-hydroxylation sites is 2. The van der Waals surface area contributed by atoms with Crippen LogP contribution in [0, 0.1) is 40.4 Å². The van der Waals surface area contributed by atoms with Crippen molar-refractivity contribution in [2.24, 2.45) is 0 Å². The predicted octanol–water partition coefficient (Wildman–Crippen LogP) is 14.9. The van der Waals surface area contributed by atoms with Crippen molar-refractivity contribution in [3.63, 3.8) is 0 Å². The third-order valence-corrected chi connectivity index (χ3v) is 13.9. The molecule has 0 aliphatic carbocycles. The highest BCUT2D eigenvalue weighted by Gasteiger charge is 2.33. The smallest absolute Gasteiger partial charge is 0.200 e. The van der Waals surface area contributed by atoms with E-state index >= 15 is 17.6 Å². The maximum Gasteiger partial charge on any atom is 0.200 e. The van der Waals surface area contributed by atoms with Crippen LogP contribution < -0.4 is 0 Å². The van der Waals surface area contributed by atoms with Gasteiger partial charge in [-0.05, 0) is 36.4 Å². The number of fused-ring (bicyclic) bond motifs is 14. The number of nitriles is 1. The Labute approximate surface area is 338 Å². The molecular formula is C49H22F5N3S2. The highest BCUT2D eigenvalue weighted by atomic mass is 32.1. The average molecular weight is 812 g/mol. The second-order valence-electron chi connectivity index (χ2n) is 14.5. The zero-order chi connectivity index (χ0) is 39.8. The third kappa shape index (κ3) is 4.48. The molecule has 0 spiro atoms. The van der Waals surface area contributed by atoms with Crippen LogP contribution in [-0.4, -0.2) is 9.13 Å². The minimum absolute atomic E-state index is 0.0767. The fourth-order valence-corrected chi connectivity index (χ4v) is 11.6. The summed E-state index contributed by atoms with van der Waals surface area (Å²) in [4.78, 5) is 0. The van der Waals surface area contributed by atoms with Gasteiger partial charge in [0.15, 0.2) is 23.3 Å². The number of nitrogens with zero attached hydrogens (tertiary/aromatic N) is 3. The van der Waals surface area contributed by atoms with Crippen molar-refractivity contribution in [2.75, 3.05) is 0 Å². The Balaban J connectivity index is 1.36. The van der Waals surface area contributed by atoms with Crippen molar-refractivity contribution in [2.45, 2.75) is 0 Å². The third-order valence-electron chi connectivity index (χ3n) is 11.5. The molecule has 0 bridgehead atoms. The first-order valence-electron chi connectivity index (χ1n) is 18.6. The molecule has 0 atom stereocenters. The number of benzene rings is 8. The molecule has 0 saturated carbocycles. The first kappa shape index (κ1) is 34.0. The topological polar surface area (TPSA) is 33.6 Å². The Hall–Kier alpha value is -7.06. The first-order chi connectivity index (χ1) is 28.8. The van der Waals surface area contributed by atoms with Gasteiger partial charge in [0, 0.05) is 58.1 Å². The molecular weight excluding hydrogens is 790 g/mol. The van der Waals surface area contributed by atoms with Gasteiger partial charge in [-0.15, -0.1) is 22.7 Å². The van der Waals surface area contributed by atoms with Gasteiger partial charge in [0.05, 0.1) is 60.0 Å². The summed E-state index contributed by atoms with van der Waals surface area (Å²) in [6.45, 7) is 0. The molecule has 0 radical (unpaired) electrons. The normalized spacial score (nSPS) is 12.1. The molecule has 0 aliphatic heterocycles. The van der Waals surface area contributed by atoms with E-state index in [0.717, 1.165) is 61.9 Å². The molecule has 0 unspecified atom stereocenters. The summed E-state index contributed by atoms with van der Waals surface area (Å²) in [5.74, 6) is -10.3. The fourth-order valence-electron chi connectivity index (χ4n) is 9.07. The fraction of sp³-hybridized carbons (Fsp3) is 0. The lowest BCUT2D eigenvalue weighted by Crippen LogP contribution is -2.10. The van der Waals surface area contributed by atoms with Crippen LogP contribution in [-0.2, 0) is 0 Å². The minimum atomic E-state index is -2.26. The van der Waals surface area contributed by atoms with Gasteiger partial charge in [-0.3, -0.25) is 0 Å². The lowest BCUT2D eigenvalue weighted by Gasteiger charge is -2.22. The molecule has 59 heavy (non-hydrogen) atoms. The molecule has 10 heteroatoms. The van der Waals surface area contributed by atoms with Crippen molar-refractivity contribution in [3.05, 3.63) is 168 Å². The second kappa shape index (κ2) is 12.2. The maximum atomic E-state index is 16.8. The quantitative estimate of drug-likeness (QED) is 0.0994. The lowest BCUT2D eigenvalue weighted by atomic mass is 9.96. The Morgan fingerprint density at radius 3 is 1.25 bits per heavy atom. The molecule has 0 amide bonds. The summed E-state index contributed by atoms with van der Waals surface area (Å²) in [6.07, 6.45) is 0. The lowest BCUT2D eigenvalue weighted by molar-refractivity contribution is 0.381. The van der Waals surface area contributed by atoms with E-state index in [4.69, 9.17) is 0 Å². The molecule has 0 N–H and O–H groups in total. The number of halogens is 5. The van der Waals surface area contributed by atoms with Crippen molar-refractivity contribution in [1.82, 2.24) is 9.13 Å². The molecule has 0 saturated heterocycles. The minimum Gasteiger partial charge on any atom is -0.307 e. The van der Waals surface area contributed by atoms with Gasteiger partial charge in [0.1, 0.15) is 0 Å². The largest absolute Gasteiger partial charge is 0.307 e. The highest BCUT2D eigenvalue weighted by molar-refractivity contribution is 7.27. The van der Waals surface area contributed by atoms with Crippen LogP contribution in [0.2, 0.25) is 0 Å². The Kier molecular flexibility index (Phi) is 7.05. The molecule has 8 aromatic carbocycles. The van der Waals surface area contributed by atoms with E-state index in [0.29, 0.717) is 22.1 Å². The molecule has 280 valence electrons. The van der Waals surface area contributed by atoms with E-state index in [1.165, 1.54) is 12.1 Å². The summed E-state index contributed by atoms with van der Waals surface area (Å²) in [5.41, 5.74) is 1.49. The predicted molar refractivity (Wildman–Crippen MR) is 231 cm³/mol. The van der Waals surface area contributed by atoms with Crippen LogP contribution in [0.25, 0.3) is 106 Å². The standard InChI is InChI=1S/C49H22F5N3S2/c50-41-40(42(51)44(53)45(54)43(41)52)39-35(56-33-13-5-1-9-25(33)29-17-19-31-27-11-3-7-15-37(27)58-48(31)46(29)56)21-24(23-55)22-36(39)57-34-14-6-2-10-26(34)30-18-20-32-28-12-4-8-16-38(28)59-49(32)47(30)57/h1-22H. The van der Waals surface area contributed by atoms with Crippen molar-refractivity contribution in [3.8, 4) is 28.6 Å². The van der Waals surface area contributed by atoms with Crippen molar-refractivity contribution in [1.29, 1.82) is 5.26 Å². The van der Waals surface area contributed by atoms with Gasteiger partial charge in [-0.25, -0.2) is 22.0 Å². The van der Waals surface area contributed by atoms with E-state index in [-0.39, 0.29) is 22.5 Å². The summed E-state index contributed by atoms with van der Waals surface area (Å²) < 4.78 is 87.1. The Morgan fingerprint density at radius 2 is 0.797 bits per heavy atom. The van der Waals surface area contributed by atoms with Gasteiger partial charge in [0.25, 0.3) is 0 Å². The highest BCUT2D eigenvalue weighted by Crippen LogP contribution is 2.49. The van der Waals surface area contributed by atoms with Crippen LogP contribution in [0.1, 0.15) is 5.56 Å². The SMILES string of the molecule is N#Cc1cc(-n2c3ccccc3c3ccc4c5ccccc5sc4c32)c(-c2c(F)c(F)c(F)c(F)c2F)c(-n2c3ccccc3c3ccc4c5ccccc5sc4c32)c1. The Bertz CT molecular complexity index is 3640. The number of thiophene rings is 2. The summed E-state index contributed by atoms with van der Waals surface area (Å²) >= 11 is 3.08. The number of hydrogen-bond acceptors (Lipinski definition) is 3. The van der Waals surface area contributed by atoms with E-state index in [1.54, 1.807) is 22.7 Å². The Morgan fingerprint density at radius 1 is 0.407 bits per heavy atom. The van der Waals surface area contributed by atoms with Crippen LogP contribution in [0.15, 0.2) is 133 Å². The molecule has 4 heterocycles. The molecule has 0 fully saturated rings. The summed E-state index contributed by atoms with van der Waals surface area (Å²) in [6, 6.07) is 44.2. The van der Waals surface area contributed by atoms with Gasteiger partial charge in [0.2, 0.25) is 5.82 Å². The first-order valence-corrected chi connectivity index (χ1v) is 20.2. The monoisotopic (exact) mass is 811 g/mol. The van der Waals surface area contributed by atoms with Gasteiger partial charge < -0.3 is 9.13 Å². The molecule has 0 aliphatic rings. The van der Waals surface area contributed by atoms with Crippen molar-refractivity contribution >= 4 is 107 Å². The summed E-state index contributed by atoms with van der Waals surface area (Å²) in [5, 5.41) is 17.9.